The first-order valence-electron chi connectivity index (χ1n) is 19.3. The van der Waals surface area contributed by atoms with Gasteiger partial charge in [0.15, 0.2) is 10.8 Å². The second kappa shape index (κ2) is 17.5. The zero-order valence-corrected chi connectivity index (χ0v) is 33.2. The van der Waals surface area contributed by atoms with Crippen molar-refractivity contribution in [2.75, 3.05) is 49.5 Å². The van der Waals surface area contributed by atoms with Crippen LogP contribution in [0.1, 0.15) is 81.5 Å². The number of hydrogen-bond acceptors (Lipinski definition) is 10. The van der Waals surface area contributed by atoms with Gasteiger partial charge in [-0.3, -0.25) is 34.3 Å². The van der Waals surface area contributed by atoms with E-state index in [1.165, 1.54) is 6.07 Å². The van der Waals surface area contributed by atoms with Gasteiger partial charge in [0.2, 0.25) is 17.7 Å². The van der Waals surface area contributed by atoms with Crippen LogP contribution in [0.2, 0.25) is 0 Å². The number of halogens is 6. The van der Waals surface area contributed by atoms with Crippen LogP contribution in [0.25, 0.3) is 0 Å². The Hall–Kier alpha value is -4.71. The summed E-state index contributed by atoms with van der Waals surface area (Å²) in [5.74, 6) is -2.36. The number of piperazine rings is 1. The summed E-state index contributed by atoms with van der Waals surface area (Å²) in [4.78, 5) is 59.3. The summed E-state index contributed by atoms with van der Waals surface area (Å²) in [5.41, 5.74) is -2.39. The average molecular weight is 851 g/mol. The minimum absolute atomic E-state index is 0.0245. The minimum Gasteiger partial charge on any atom is -0.378 e. The van der Waals surface area contributed by atoms with E-state index in [9.17, 15) is 45.5 Å². The summed E-state index contributed by atoms with van der Waals surface area (Å²) in [6.07, 6.45) is -5.14. The van der Waals surface area contributed by atoms with Gasteiger partial charge in [-0.05, 0) is 88.4 Å². The van der Waals surface area contributed by atoms with Crippen LogP contribution in [0.5, 0.6) is 0 Å². The number of hydrogen-bond donors (Lipinski definition) is 2. The third-order valence-corrected chi connectivity index (χ3v) is 11.8. The van der Waals surface area contributed by atoms with Crippen molar-refractivity contribution in [2.24, 2.45) is 0 Å². The Morgan fingerprint density at radius 1 is 1.05 bits per heavy atom. The smallest absolute Gasteiger partial charge is 0.378 e. The number of carbonyl (C=O) groups excluding carboxylic acids is 4. The van der Waals surface area contributed by atoms with Gasteiger partial charge in [-0.25, -0.2) is 4.98 Å². The summed E-state index contributed by atoms with van der Waals surface area (Å²) in [6.45, 7) is 3.55. The molecule has 4 aliphatic rings. The van der Waals surface area contributed by atoms with Gasteiger partial charge < -0.3 is 19.9 Å². The van der Waals surface area contributed by atoms with Crippen LogP contribution < -0.4 is 15.5 Å². The lowest BCUT2D eigenvalue weighted by molar-refractivity contribution is -0.197. The maximum Gasteiger partial charge on any atom is 0.419 e. The molecule has 0 radical (unpaired) electrons. The van der Waals surface area contributed by atoms with Gasteiger partial charge in [-0.1, -0.05) is 12.1 Å². The van der Waals surface area contributed by atoms with Crippen molar-refractivity contribution in [2.45, 2.75) is 101 Å². The maximum atomic E-state index is 14.2. The van der Waals surface area contributed by atoms with Crippen molar-refractivity contribution >= 4 is 52.3 Å². The molecule has 20 heteroatoms. The highest BCUT2D eigenvalue weighted by Gasteiger charge is 2.53. The summed E-state index contributed by atoms with van der Waals surface area (Å²) < 4.78 is 89.7. The number of benzene rings is 1. The Kier molecular flexibility index (Phi) is 13.0. The number of piperidine rings is 1. The van der Waals surface area contributed by atoms with Crippen LogP contribution in [0, 0.1) is 11.3 Å². The molecule has 13 nitrogen and oxygen atoms in total. The Labute approximate surface area is 342 Å². The summed E-state index contributed by atoms with van der Waals surface area (Å²) in [5, 5.41) is 14.1. The molecule has 2 atom stereocenters. The van der Waals surface area contributed by atoms with Crippen LogP contribution in [0.3, 0.4) is 0 Å². The summed E-state index contributed by atoms with van der Waals surface area (Å²) in [7, 11) is 0. The van der Waals surface area contributed by atoms with E-state index in [4.69, 9.17) is 22.2 Å². The van der Waals surface area contributed by atoms with Crippen LogP contribution >= 0.6 is 12.2 Å². The van der Waals surface area contributed by atoms with E-state index >= 15 is 0 Å². The highest BCUT2D eigenvalue weighted by atomic mass is 32.1. The van der Waals surface area contributed by atoms with Gasteiger partial charge in [0.05, 0.1) is 36.0 Å². The quantitative estimate of drug-likeness (QED) is 0.134. The number of ether oxygens (including phenoxy) is 1. The van der Waals surface area contributed by atoms with Crippen LogP contribution in [-0.2, 0) is 30.1 Å². The second-order valence-electron chi connectivity index (χ2n) is 15.7. The molecule has 1 aromatic heterocycles. The number of rotatable bonds is 11. The predicted octanol–water partition coefficient (Wildman–Crippen LogP) is 5.11. The molecule has 59 heavy (non-hydrogen) atoms. The number of anilines is 2. The SMILES string of the molecule is CC1(C)C(=O)N(c2cnc(C#N)c(C(F)(F)F)c2)C(=S)N1C1CCC(OCCCN2CCN(CC(=O)Nc3ccc(C4CCC(=O)NC4=O)cc3)[C@@H](C(F)(F)F)C2)CC1. The second-order valence-corrected chi connectivity index (χ2v) is 16.1. The lowest BCUT2D eigenvalue weighted by Crippen LogP contribution is -2.60. The molecule has 2 aromatic rings. The van der Waals surface area contributed by atoms with Crippen molar-refractivity contribution in [1.82, 2.24) is 25.0 Å². The van der Waals surface area contributed by atoms with Gasteiger partial charge >= 0.3 is 12.4 Å². The van der Waals surface area contributed by atoms with Gasteiger partial charge in [-0.15, -0.1) is 0 Å². The third kappa shape index (κ3) is 9.85. The van der Waals surface area contributed by atoms with Crippen molar-refractivity contribution in [3.05, 3.63) is 53.3 Å². The number of carbonyl (C=O) groups is 4. The summed E-state index contributed by atoms with van der Waals surface area (Å²) >= 11 is 5.65. The lowest BCUT2D eigenvalue weighted by Gasteiger charge is -2.42. The fourth-order valence-corrected chi connectivity index (χ4v) is 8.88. The zero-order valence-electron chi connectivity index (χ0n) is 32.4. The van der Waals surface area contributed by atoms with Crippen LogP contribution in [-0.4, -0.2) is 118 Å². The molecular weight excluding hydrogens is 807 g/mol. The van der Waals surface area contributed by atoms with E-state index in [0.717, 1.165) is 16.0 Å². The molecule has 1 aliphatic carbocycles. The fraction of sp³-hybridized carbons (Fsp3) is 0.564. The Morgan fingerprint density at radius 3 is 2.37 bits per heavy atom. The normalized spacial score (nSPS) is 24.6. The lowest BCUT2D eigenvalue weighted by atomic mass is 9.89. The molecule has 6 rings (SSSR count). The largest absolute Gasteiger partial charge is 0.419 e. The molecule has 4 fully saturated rings. The Balaban J connectivity index is 0.945. The standard InChI is InChI=1S/C39H44F6N8O5S/c1-37(2)35(57)52(26-18-29(38(40,41)42)30(19-46)47-20-26)36(59)53(37)25-8-10-27(11-9-25)58-17-3-14-50-15-16-51(31(21-50)39(43,44)45)22-33(55)48-24-6-4-23(5-7-24)28-12-13-32(54)49-34(28)56/h4-7,18,20,25,27-28,31H,3,8-17,21-22H2,1-2H3,(H,48,55)(H,49,54,56)/t25?,27?,28?,31-/m1/s1. The van der Waals surface area contributed by atoms with Gasteiger partial charge in [-0.2, -0.15) is 31.6 Å². The number of imide groups is 1. The molecule has 0 spiro atoms. The molecule has 4 heterocycles. The van der Waals surface area contributed by atoms with Gasteiger partial charge in [0.25, 0.3) is 5.91 Å². The molecule has 3 aliphatic heterocycles. The van der Waals surface area contributed by atoms with Crippen molar-refractivity contribution in [3.63, 3.8) is 0 Å². The van der Waals surface area contributed by atoms with E-state index < -0.39 is 65.4 Å². The van der Waals surface area contributed by atoms with E-state index in [1.807, 2.05) is 0 Å². The number of thiocarbonyl (C=S) groups is 1. The molecule has 0 bridgehead atoms. The van der Waals surface area contributed by atoms with E-state index in [0.29, 0.717) is 75.5 Å². The topological polar surface area (TPSA) is 151 Å². The molecule has 1 saturated carbocycles. The highest BCUT2D eigenvalue weighted by Crippen LogP contribution is 2.40. The van der Waals surface area contributed by atoms with E-state index in [-0.39, 0.29) is 48.4 Å². The van der Waals surface area contributed by atoms with Crippen LogP contribution in [0.4, 0.5) is 37.7 Å². The molecule has 2 N–H and O–H groups in total. The monoisotopic (exact) mass is 850 g/mol. The zero-order chi connectivity index (χ0) is 42.9. The van der Waals surface area contributed by atoms with E-state index in [1.54, 1.807) is 47.9 Å². The minimum atomic E-state index is -4.87. The molecule has 318 valence electrons. The van der Waals surface area contributed by atoms with Gasteiger partial charge in [0.1, 0.15) is 17.6 Å². The van der Waals surface area contributed by atoms with Crippen molar-refractivity contribution in [1.29, 1.82) is 5.26 Å². The number of alkyl halides is 6. The number of nitriles is 1. The number of nitrogens with one attached hydrogen (secondary N) is 2. The Morgan fingerprint density at radius 2 is 1.75 bits per heavy atom. The Bertz CT molecular complexity index is 1980. The van der Waals surface area contributed by atoms with Gasteiger partial charge in [0, 0.05) is 50.9 Å². The van der Waals surface area contributed by atoms with E-state index in [2.05, 4.69) is 15.6 Å². The number of aromatic nitrogens is 1. The molecule has 1 unspecified atom stereocenters. The molecule has 4 amide bonds. The maximum absolute atomic E-state index is 14.2. The number of nitrogens with zero attached hydrogens (tertiary/aromatic N) is 6. The average Bonchev–Trinajstić information content (AvgIpc) is 3.35. The molecule has 1 aromatic carbocycles. The first kappa shape index (κ1) is 43.9. The number of amides is 4. The van der Waals surface area contributed by atoms with Crippen LogP contribution in [0.15, 0.2) is 36.5 Å². The molecule has 3 saturated heterocycles. The van der Waals surface area contributed by atoms with Crippen molar-refractivity contribution in [3.8, 4) is 6.07 Å². The first-order valence-corrected chi connectivity index (χ1v) is 19.7. The predicted molar refractivity (Wildman–Crippen MR) is 205 cm³/mol. The first-order chi connectivity index (χ1) is 27.8. The fourth-order valence-electron chi connectivity index (χ4n) is 8.32. The van der Waals surface area contributed by atoms with Crippen molar-refractivity contribution < 1.29 is 50.3 Å². The third-order valence-electron chi connectivity index (χ3n) is 11.4. The highest BCUT2D eigenvalue weighted by molar-refractivity contribution is 7.80. The molecular formula is C39H44F6N8O5S. The summed E-state index contributed by atoms with van der Waals surface area (Å²) in [6, 6.07) is 6.51. The number of pyridine rings is 1.